The number of aromatic nitrogens is 2. The lowest BCUT2D eigenvalue weighted by Gasteiger charge is -2.11. The van der Waals surface area contributed by atoms with E-state index in [2.05, 4.69) is 5.10 Å². The number of hydrogen-bond acceptors (Lipinski definition) is 5. The Hall–Kier alpha value is -2.99. The van der Waals surface area contributed by atoms with Crippen molar-refractivity contribution in [3.05, 3.63) is 70.5 Å². The van der Waals surface area contributed by atoms with Gasteiger partial charge in [-0.05, 0) is 42.8 Å². The van der Waals surface area contributed by atoms with Gasteiger partial charge in [0.1, 0.15) is 11.5 Å². The van der Waals surface area contributed by atoms with Crippen LogP contribution in [0.25, 0.3) is 5.69 Å². The lowest BCUT2D eigenvalue weighted by atomic mass is 10.1. The van der Waals surface area contributed by atoms with Gasteiger partial charge in [-0.25, -0.2) is 9.48 Å². The Kier molecular flexibility index (Phi) is 5.66. The molecule has 3 aromatic rings. The fourth-order valence-electron chi connectivity index (χ4n) is 2.70. The summed E-state index contributed by atoms with van der Waals surface area (Å²) in [5.74, 6) is 0.325. The van der Waals surface area contributed by atoms with Crippen LogP contribution in [0.5, 0.6) is 11.5 Å². The van der Waals surface area contributed by atoms with Crippen LogP contribution in [0.15, 0.2) is 48.5 Å². The number of nitrogens with zero attached hydrogens (tertiary/aromatic N) is 2. The molecule has 0 aliphatic carbocycles. The molecular weight excluding hydrogens is 368 g/mol. The second kappa shape index (κ2) is 8.14. The number of esters is 1. The van der Waals surface area contributed by atoms with Gasteiger partial charge in [0.15, 0.2) is 5.69 Å². The summed E-state index contributed by atoms with van der Waals surface area (Å²) in [5.41, 5.74) is 2.53. The number of carbonyl (C=O) groups excluding carboxylic acids is 1. The van der Waals surface area contributed by atoms with Gasteiger partial charge < -0.3 is 14.6 Å². The molecule has 0 atom stereocenters. The quantitative estimate of drug-likeness (QED) is 0.648. The van der Waals surface area contributed by atoms with Gasteiger partial charge in [-0.15, -0.1) is 0 Å². The zero-order valence-corrected chi connectivity index (χ0v) is 15.7. The van der Waals surface area contributed by atoms with Crippen molar-refractivity contribution >= 4 is 17.6 Å². The van der Waals surface area contributed by atoms with Gasteiger partial charge in [-0.2, -0.15) is 5.10 Å². The van der Waals surface area contributed by atoms with Crippen molar-refractivity contribution in [3.8, 4) is 17.2 Å². The summed E-state index contributed by atoms with van der Waals surface area (Å²) in [6.45, 7) is 2.43. The minimum atomic E-state index is -0.525. The summed E-state index contributed by atoms with van der Waals surface area (Å²) in [4.78, 5) is 11.9. The third-order valence-electron chi connectivity index (χ3n) is 3.96. The van der Waals surface area contributed by atoms with Gasteiger partial charge in [0.25, 0.3) is 0 Å². The van der Waals surface area contributed by atoms with Crippen LogP contribution in [0.3, 0.4) is 0 Å². The minimum Gasteiger partial charge on any atom is -0.508 e. The Morgan fingerprint density at radius 1 is 1.19 bits per heavy atom. The molecular formula is C20H19ClN2O4. The third-order valence-corrected chi connectivity index (χ3v) is 4.26. The molecule has 0 amide bonds. The second-order valence-electron chi connectivity index (χ2n) is 5.81. The Labute approximate surface area is 161 Å². The van der Waals surface area contributed by atoms with Gasteiger partial charge in [0.2, 0.25) is 0 Å². The Bertz CT molecular complexity index is 951. The van der Waals surface area contributed by atoms with Crippen molar-refractivity contribution in [1.29, 1.82) is 0 Å². The molecule has 0 saturated heterocycles. The largest absolute Gasteiger partial charge is 0.508 e. The number of ether oxygens (including phenoxy) is 2. The zero-order valence-electron chi connectivity index (χ0n) is 15.0. The first-order valence-corrected chi connectivity index (χ1v) is 8.77. The predicted octanol–water partition coefficient (Wildman–Crippen LogP) is 4.01. The van der Waals surface area contributed by atoms with Crippen LogP contribution in [0.2, 0.25) is 5.02 Å². The Morgan fingerprint density at radius 3 is 2.56 bits per heavy atom. The molecule has 0 saturated carbocycles. The highest BCUT2D eigenvalue weighted by molar-refractivity contribution is 6.32. The summed E-state index contributed by atoms with van der Waals surface area (Å²) in [7, 11) is 1.31. The van der Waals surface area contributed by atoms with Crippen LogP contribution in [0, 0.1) is 0 Å². The molecule has 0 unspecified atom stereocenters. The van der Waals surface area contributed by atoms with Crippen LogP contribution >= 0.6 is 11.6 Å². The number of hydrogen-bond donors (Lipinski definition) is 1. The standard InChI is InChI=1S/C20H19ClN2O4/c1-3-27-16-8-9-19(17(21)12-16)23-14(11-18(22-23)20(25)26-2)10-13-4-6-15(24)7-5-13/h4-9,11-12,24H,3,10H2,1-2H3. The van der Waals surface area contributed by atoms with E-state index in [0.717, 1.165) is 11.3 Å². The highest BCUT2D eigenvalue weighted by atomic mass is 35.5. The van der Waals surface area contributed by atoms with E-state index < -0.39 is 5.97 Å². The minimum absolute atomic E-state index is 0.191. The van der Waals surface area contributed by atoms with Gasteiger partial charge in [-0.1, -0.05) is 23.7 Å². The van der Waals surface area contributed by atoms with Crippen LogP contribution in [-0.4, -0.2) is 34.6 Å². The summed E-state index contributed by atoms with van der Waals surface area (Å²) >= 11 is 6.43. The molecule has 140 valence electrons. The average molecular weight is 387 g/mol. The van der Waals surface area contributed by atoms with Gasteiger partial charge in [0.05, 0.1) is 24.4 Å². The summed E-state index contributed by atoms with van der Waals surface area (Å²) < 4.78 is 11.9. The molecule has 27 heavy (non-hydrogen) atoms. The van der Waals surface area contributed by atoms with Crippen LogP contribution in [0.4, 0.5) is 0 Å². The molecule has 1 N–H and O–H groups in total. The molecule has 0 spiro atoms. The van der Waals surface area contributed by atoms with E-state index in [1.165, 1.54) is 7.11 Å². The number of benzene rings is 2. The second-order valence-corrected chi connectivity index (χ2v) is 6.22. The van der Waals surface area contributed by atoms with Crippen molar-refractivity contribution in [2.24, 2.45) is 0 Å². The molecule has 7 heteroatoms. The van der Waals surface area contributed by atoms with E-state index in [1.54, 1.807) is 41.1 Å². The summed E-state index contributed by atoms with van der Waals surface area (Å²) in [6.07, 6.45) is 0.494. The zero-order chi connectivity index (χ0) is 19.4. The number of carbonyl (C=O) groups is 1. The molecule has 0 bridgehead atoms. The number of phenolic OH excluding ortho intramolecular Hbond substituents is 1. The Morgan fingerprint density at radius 2 is 1.93 bits per heavy atom. The molecule has 0 aliphatic rings. The fourth-order valence-corrected chi connectivity index (χ4v) is 2.95. The van der Waals surface area contributed by atoms with E-state index in [4.69, 9.17) is 21.1 Å². The van der Waals surface area contributed by atoms with Crippen molar-refractivity contribution in [2.45, 2.75) is 13.3 Å². The molecule has 1 aromatic heterocycles. The fraction of sp³-hybridized carbons (Fsp3) is 0.200. The highest BCUT2D eigenvalue weighted by Gasteiger charge is 2.18. The number of methoxy groups -OCH3 is 1. The number of halogens is 1. The van der Waals surface area contributed by atoms with E-state index in [0.29, 0.717) is 29.5 Å². The lowest BCUT2D eigenvalue weighted by Crippen LogP contribution is -2.06. The summed E-state index contributed by atoms with van der Waals surface area (Å²) in [6, 6.07) is 13.8. The topological polar surface area (TPSA) is 73.6 Å². The van der Waals surface area contributed by atoms with Gasteiger partial charge >= 0.3 is 5.97 Å². The molecule has 2 aromatic carbocycles. The molecule has 0 fully saturated rings. The third kappa shape index (κ3) is 4.23. The molecule has 6 nitrogen and oxygen atoms in total. The molecule has 0 aliphatic heterocycles. The number of rotatable bonds is 6. The van der Waals surface area contributed by atoms with Gasteiger partial charge in [0, 0.05) is 18.2 Å². The highest BCUT2D eigenvalue weighted by Crippen LogP contribution is 2.28. The monoisotopic (exact) mass is 386 g/mol. The molecule has 1 heterocycles. The first-order chi connectivity index (χ1) is 13.0. The molecule has 0 radical (unpaired) electrons. The maximum absolute atomic E-state index is 11.9. The van der Waals surface area contributed by atoms with Crippen molar-refractivity contribution in [3.63, 3.8) is 0 Å². The predicted molar refractivity (Wildman–Crippen MR) is 102 cm³/mol. The number of aromatic hydroxyl groups is 1. The molecule has 3 rings (SSSR count). The van der Waals surface area contributed by atoms with Crippen LogP contribution in [-0.2, 0) is 11.2 Å². The van der Waals surface area contributed by atoms with E-state index in [-0.39, 0.29) is 11.4 Å². The van der Waals surface area contributed by atoms with E-state index in [9.17, 15) is 9.90 Å². The van der Waals surface area contributed by atoms with Crippen molar-refractivity contribution in [2.75, 3.05) is 13.7 Å². The smallest absolute Gasteiger partial charge is 0.358 e. The Balaban J connectivity index is 2.03. The maximum atomic E-state index is 11.9. The maximum Gasteiger partial charge on any atom is 0.358 e. The van der Waals surface area contributed by atoms with Crippen LogP contribution < -0.4 is 4.74 Å². The van der Waals surface area contributed by atoms with E-state index in [1.807, 2.05) is 19.1 Å². The van der Waals surface area contributed by atoms with E-state index >= 15 is 0 Å². The first kappa shape index (κ1) is 18.8. The van der Waals surface area contributed by atoms with Crippen molar-refractivity contribution < 1.29 is 19.4 Å². The number of phenols is 1. The van der Waals surface area contributed by atoms with Gasteiger partial charge in [-0.3, -0.25) is 0 Å². The first-order valence-electron chi connectivity index (χ1n) is 8.39. The lowest BCUT2D eigenvalue weighted by molar-refractivity contribution is 0.0593. The SMILES string of the molecule is CCOc1ccc(-n2nc(C(=O)OC)cc2Cc2ccc(O)cc2)c(Cl)c1. The summed E-state index contributed by atoms with van der Waals surface area (Å²) in [5, 5.41) is 14.3. The van der Waals surface area contributed by atoms with Crippen LogP contribution in [0.1, 0.15) is 28.7 Å². The normalized spacial score (nSPS) is 10.6. The van der Waals surface area contributed by atoms with Crippen molar-refractivity contribution in [1.82, 2.24) is 9.78 Å². The average Bonchev–Trinajstić information content (AvgIpc) is 3.07.